The number of ether oxygens (including phenoxy) is 3. The van der Waals surface area contributed by atoms with Gasteiger partial charge in [0.15, 0.2) is 29.1 Å². The number of hydrogen-bond acceptors (Lipinski definition) is 24. The molecule has 12 atom stereocenters. The number of benzene rings is 2. The molecular formula is C86H109F3N14O24S. The molecule has 15 amide bonds. The lowest BCUT2D eigenvalue weighted by molar-refractivity contribution is -0.234. The van der Waals surface area contributed by atoms with Gasteiger partial charge in [0, 0.05) is 135 Å². The van der Waals surface area contributed by atoms with E-state index >= 15 is 13.2 Å². The molecule has 0 unspecified atom stereocenters. The second-order valence-electron chi connectivity index (χ2n) is 33.8. The number of Topliss-reactive ketones (excluding diaryl/α,β-unsaturated/α-hetero) is 1. The quantitative estimate of drug-likeness (QED) is 0.0322. The number of alkyl halides is 2. The number of aliphatic hydroxyl groups excluding tert-OH is 2. The van der Waals surface area contributed by atoms with Gasteiger partial charge >= 0.3 is 5.97 Å². The maximum atomic E-state index is 18.0. The normalized spacial score (nSPS) is 22.7. The molecule has 1 aromatic heterocycles. The molecule has 4 fully saturated rings. The van der Waals surface area contributed by atoms with Crippen LogP contribution in [0.2, 0.25) is 0 Å². The summed E-state index contributed by atoms with van der Waals surface area (Å²) in [7, 11) is 12.8. The molecule has 2 aromatic carbocycles. The number of aliphatic hydroxyl groups is 2. The number of likely N-dealkylation sites (N-methyl/N-ethyl adjacent to an activating group) is 10. The lowest BCUT2D eigenvalue weighted by Gasteiger charge is -2.63. The molecule has 3 aromatic rings. The van der Waals surface area contributed by atoms with Crippen LogP contribution >= 0.6 is 11.3 Å². The highest BCUT2D eigenvalue weighted by Crippen LogP contribution is 2.73. The van der Waals surface area contributed by atoms with Gasteiger partial charge in [0.25, 0.3) is 11.8 Å². The van der Waals surface area contributed by atoms with Crippen LogP contribution in [0.25, 0.3) is 0 Å². The zero-order valence-corrected chi connectivity index (χ0v) is 74.5. The summed E-state index contributed by atoms with van der Waals surface area (Å²) in [6.45, 7) is -0.411. The molecule has 3 heterocycles. The van der Waals surface area contributed by atoms with Crippen molar-refractivity contribution in [3.05, 3.63) is 111 Å². The van der Waals surface area contributed by atoms with Crippen LogP contribution in [0.4, 0.5) is 24.5 Å². The molecule has 3 saturated carbocycles. The predicted octanol–water partition coefficient (Wildman–Crippen LogP) is -0.0414. The van der Waals surface area contributed by atoms with Crippen molar-refractivity contribution in [2.45, 2.75) is 127 Å². The standard InChI is InChI=1S/C86H109F3N14O24S/c1-48(80(123)91-49(2)81(124)92-52-18-15-17-50(29-52)30-54-21-22-62(128-54)82-126-65-34-55-56-33-58(87)57-32-53(105)26-27-83(57,3)85(56,89)63(106)36-84(55,4)86(65,127-82)64(107)47-104)90-66(108)23-20-51-31-59(88)60(103-68(110)24-25-69(103)111)35-61(51)125-28-16-19-67(109)93(5)37-70(112)94(6)38-71(113)95(7)39-72(114)96(8)40-73(115)97(9)41-74(116)98(10)42-75(117)99(11)43-76(118)100(12)44-77(119)101(13)45-78(120)102(14)46-79(121)122/h15,17-18,21-22,24-27,29,31-32,35,48-49,55-56,58,63,65,82,104,106H,16,19-20,23,28,30,33-34,36-47H2,1-14H3,(H,90,108)(H,91,123)(H,92,124)(H,121,122)/t48-,49-,55-,56-,58-,63-,65+,82+,83-,84-,85-,86+/m0/s1. The van der Waals surface area contributed by atoms with Gasteiger partial charge in [0.05, 0.1) is 88.3 Å². The summed E-state index contributed by atoms with van der Waals surface area (Å²) in [4.78, 5) is 246. The molecule has 0 spiro atoms. The number of fused-ring (bicyclic) bond motifs is 7. The lowest BCUT2D eigenvalue weighted by atomic mass is 9.44. The highest BCUT2D eigenvalue weighted by molar-refractivity contribution is 7.12. The number of imide groups is 1. The number of carboxylic acid groups (broad SMARTS) is 1. The maximum absolute atomic E-state index is 18.0. The number of allylic oxidation sites excluding steroid dienone is 4. The summed E-state index contributed by atoms with van der Waals surface area (Å²) < 4.78 is 69.2. The summed E-state index contributed by atoms with van der Waals surface area (Å²) in [6.07, 6.45) is -1.11. The zero-order valence-electron chi connectivity index (χ0n) is 73.6. The van der Waals surface area contributed by atoms with Crippen LogP contribution in [0.3, 0.4) is 0 Å². The molecule has 6 aliphatic rings. The number of amides is 15. The molecule has 2 aliphatic heterocycles. The summed E-state index contributed by atoms with van der Waals surface area (Å²) in [6, 6.07) is 10.2. The van der Waals surface area contributed by atoms with E-state index in [9.17, 15) is 96.5 Å². The summed E-state index contributed by atoms with van der Waals surface area (Å²) in [5.74, 6) is -15.8. The third-order valence-corrected chi connectivity index (χ3v) is 25.6. The molecule has 42 heteroatoms. The molecular weight excluding hydrogens is 1700 g/mol. The number of hydrogen-bond donors (Lipinski definition) is 6. The molecule has 9 rings (SSSR count). The van der Waals surface area contributed by atoms with Gasteiger partial charge in [-0.2, -0.15) is 0 Å². The third kappa shape index (κ3) is 22.1. The van der Waals surface area contributed by atoms with E-state index in [2.05, 4.69) is 16.0 Å². The van der Waals surface area contributed by atoms with Crippen molar-refractivity contribution < 1.29 is 129 Å². The van der Waals surface area contributed by atoms with E-state index in [1.54, 1.807) is 31.2 Å². The highest BCUT2D eigenvalue weighted by atomic mass is 32.1. The number of carboxylic acids is 1. The Balaban J connectivity index is 0.681. The number of ketones is 2. The Morgan fingerprint density at radius 1 is 0.609 bits per heavy atom. The first-order valence-corrected chi connectivity index (χ1v) is 42.0. The molecule has 0 radical (unpaired) electrons. The Labute approximate surface area is 740 Å². The van der Waals surface area contributed by atoms with E-state index in [1.165, 1.54) is 115 Å². The molecule has 694 valence electrons. The first-order chi connectivity index (χ1) is 60.0. The number of anilines is 2. The van der Waals surface area contributed by atoms with Crippen LogP contribution in [0.1, 0.15) is 93.4 Å². The summed E-state index contributed by atoms with van der Waals surface area (Å²) in [5, 5.41) is 39.2. The zero-order chi connectivity index (χ0) is 94.8. The van der Waals surface area contributed by atoms with E-state index in [0.29, 0.717) is 21.9 Å². The van der Waals surface area contributed by atoms with E-state index in [1.807, 2.05) is 12.1 Å². The minimum atomic E-state index is -2.42. The number of carbonyl (C=O) groups is 18. The number of thiophene rings is 1. The fourth-order valence-corrected chi connectivity index (χ4v) is 17.9. The van der Waals surface area contributed by atoms with Crippen molar-refractivity contribution in [3.8, 4) is 5.75 Å². The van der Waals surface area contributed by atoms with Crippen LogP contribution in [-0.4, -0.2) is 361 Å². The number of halogens is 3. The Morgan fingerprint density at radius 3 is 1.59 bits per heavy atom. The number of aryl methyl sites for hydroxylation is 1. The fourth-order valence-electron chi connectivity index (χ4n) is 16.9. The molecule has 4 aliphatic carbocycles. The molecule has 0 bridgehead atoms. The van der Waals surface area contributed by atoms with Gasteiger partial charge in [-0.15, -0.1) is 11.3 Å². The molecule has 6 N–H and O–H groups in total. The largest absolute Gasteiger partial charge is 0.493 e. The van der Waals surface area contributed by atoms with E-state index in [0.717, 1.165) is 89.8 Å². The van der Waals surface area contributed by atoms with Crippen LogP contribution in [0.5, 0.6) is 5.75 Å². The van der Waals surface area contributed by atoms with Gasteiger partial charge in [-0.1, -0.05) is 25.1 Å². The molecule has 1 saturated heterocycles. The van der Waals surface area contributed by atoms with Crippen molar-refractivity contribution in [1.82, 2.24) is 59.6 Å². The highest BCUT2D eigenvalue weighted by Gasteiger charge is 2.80. The predicted molar refractivity (Wildman–Crippen MR) is 450 cm³/mol. The van der Waals surface area contributed by atoms with Gasteiger partial charge in [0.2, 0.25) is 76.8 Å². The number of carbonyl (C=O) groups excluding carboxylic acids is 17. The lowest BCUT2D eigenvalue weighted by Crippen LogP contribution is -2.70. The van der Waals surface area contributed by atoms with Crippen molar-refractivity contribution in [2.75, 3.05) is 159 Å². The number of aliphatic carboxylic acids is 1. The van der Waals surface area contributed by atoms with Crippen molar-refractivity contribution >= 4 is 129 Å². The average molecular weight is 1810 g/mol. The van der Waals surface area contributed by atoms with Gasteiger partial charge in [-0.25, -0.2) is 18.1 Å². The minimum absolute atomic E-state index is 0.0122. The second kappa shape index (κ2) is 41.3. The first-order valence-electron chi connectivity index (χ1n) is 41.1. The van der Waals surface area contributed by atoms with Gasteiger partial charge in [0.1, 0.15) is 43.0 Å². The van der Waals surface area contributed by atoms with Gasteiger partial charge in [-0.05, 0) is 118 Å². The van der Waals surface area contributed by atoms with Gasteiger partial charge < -0.3 is 94.5 Å². The Bertz CT molecular complexity index is 4990. The first kappa shape index (κ1) is 99.6. The minimum Gasteiger partial charge on any atom is -0.493 e. The van der Waals surface area contributed by atoms with Crippen molar-refractivity contribution in [1.29, 1.82) is 0 Å². The smallest absolute Gasteiger partial charge is 0.323 e. The Hall–Kier alpha value is -12.2. The van der Waals surface area contributed by atoms with Crippen molar-refractivity contribution in [2.24, 2.45) is 22.7 Å². The molecule has 38 nitrogen and oxygen atoms in total. The summed E-state index contributed by atoms with van der Waals surface area (Å²) in [5.41, 5.74) is -6.54. The van der Waals surface area contributed by atoms with Gasteiger partial charge in [-0.3, -0.25) is 86.3 Å². The molecule has 128 heavy (non-hydrogen) atoms. The fraction of sp³-hybridized carbons (Fsp3) is 0.535. The van der Waals surface area contributed by atoms with E-state index in [-0.39, 0.29) is 68.4 Å². The Kier molecular flexibility index (Phi) is 32.1. The third-order valence-electron chi connectivity index (χ3n) is 24.5. The van der Waals surface area contributed by atoms with Crippen LogP contribution < -0.4 is 25.6 Å². The number of rotatable bonds is 39. The maximum Gasteiger partial charge on any atom is 0.323 e. The Morgan fingerprint density at radius 2 is 1.09 bits per heavy atom. The topological polar surface area (TPSA) is 467 Å². The van der Waals surface area contributed by atoms with Crippen LogP contribution in [0.15, 0.2) is 84.5 Å². The number of nitrogens with one attached hydrogen (secondary N) is 3. The SMILES string of the molecule is C[C@H](NC(=O)CCc1cc(F)c(N2C(=O)C=CC2=O)cc1OCCCC(=O)N(C)CC(=O)N(C)CC(=O)N(C)CC(=O)N(C)CC(=O)N(C)CC(=O)N(C)CC(=O)N(C)CC(=O)N(C)CC(=O)N(C)CC(=O)N(C)CC(=O)O)C(=O)N[C@@H](C)C(=O)Nc1cccc(Cc2ccc([C@@H]3O[C@@H]4C[C@H]5[C@@H]6C[C@H](F)C7=CC(=O)C=C[C@]7(C)[C@@]6(F)[C@@H](O)C[C@]5(C)[C@]4(C(=O)CO)O3)s2)c1. The van der Waals surface area contributed by atoms with Crippen LogP contribution in [0, 0.1) is 28.5 Å². The second-order valence-corrected chi connectivity index (χ2v) is 35.0. The monoisotopic (exact) mass is 1810 g/mol. The van der Waals surface area contributed by atoms with Crippen LogP contribution in [-0.2, 0) is 109 Å². The van der Waals surface area contributed by atoms with E-state index < -0.39 is 260 Å². The summed E-state index contributed by atoms with van der Waals surface area (Å²) >= 11 is 1.31. The number of nitrogens with zero attached hydrogens (tertiary/aromatic N) is 11. The van der Waals surface area contributed by atoms with Crippen molar-refractivity contribution in [3.63, 3.8) is 0 Å². The average Bonchev–Trinajstić information content (AvgIpc) is 1.48. The van der Waals surface area contributed by atoms with E-state index in [4.69, 9.17) is 19.3 Å².